The molecule has 0 bridgehead atoms. The Morgan fingerprint density at radius 2 is 2.04 bits per heavy atom. The maximum absolute atomic E-state index is 11.5. The molecule has 1 aromatic carbocycles. The SMILES string of the molecule is CC(=O)c1cnc(NC(C)c2ccccc2-n2cccn2)nc1C. The van der Waals surface area contributed by atoms with Crippen LogP contribution in [0, 0.1) is 6.92 Å². The van der Waals surface area contributed by atoms with Crippen LogP contribution in [-0.4, -0.2) is 25.5 Å². The summed E-state index contributed by atoms with van der Waals surface area (Å²) in [5.74, 6) is 0.469. The summed E-state index contributed by atoms with van der Waals surface area (Å²) < 4.78 is 1.83. The maximum atomic E-state index is 11.5. The van der Waals surface area contributed by atoms with Crippen molar-refractivity contribution < 1.29 is 4.79 Å². The number of anilines is 1. The van der Waals surface area contributed by atoms with Crippen molar-refractivity contribution in [2.45, 2.75) is 26.8 Å². The number of rotatable bonds is 5. The Hall–Kier alpha value is -3.02. The number of hydrogen-bond acceptors (Lipinski definition) is 5. The van der Waals surface area contributed by atoms with Crippen LogP contribution < -0.4 is 5.32 Å². The van der Waals surface area contributed by atoms with E-state index in [0.29, 0.717) is 17.2 Å². The van der Waals surface area contributed by atoms with Crippen LogP contribution in [0.25, 0.3) is 5.69 Å². The number of hydrogen-bond donors (Lipinski definition) is 1. The Kier molecular flexibility index (Phi) is 4.37. The number of carbonyl (C=O) groups is 1. The zero-order valence-corrected chi connectivity index (χ0v) is 13.9. The molecule has 6 heteroatoms. The third-order valence-electron chi connectivity index (χ3n) is 3.86. The fourth-order valence-corrected chi connectivity index (χ4v) is 2.63. The number of Topliss-reactive ketones (excluding diaryl/α,β-unsaturated/α-hetero) is 1. The first-order valence-corrected chi connectivity index (χ1v) is 7.76. The van der Waals surface area contributed by atoms with Crippen LogP contribution in [0.5, 0.6) is 0 Å². The van der Waals surface area contributed by atoms with Crippen LogP contribution in [0.3, 0.4) is 0 Å². The molecule has 3 rings (SSSR count). The summed E-state index contributed by atoms with van der Waals surface area (Å²) in [6.07, 6.45) is 5.23. The number of aromatic nitrogens is 4. The molecule has 0 spiro atoms. The normalized spacial score (nSPS) is 12.0. The van der Waals surface area contributed by atoms with Gasteiger partial charge in [0.25, 0.3) is 0 Å². The summed E-state index contributed by atoms with van der Waals surface area (Å²) in [7, 11) is 0. The van der Waals surface area contributed by atoms with Crippen molar-refractivity contribution >= 4 is 11.7 Å². The Labute approximate surface area is 140 Å². The van der Waals surface area contributed by atoms with Crippen molar-refractivity contribution in [3.05, 3.63) is 65.7 Å². The van der Waals surface area contributed by atoms with E-state index in [1.54, 1.807) is 12.4 Å². The van der Waals surface area contributed by atoms with Crippen LogP contribution >= 0.6 is 0 Å². The highest BCUT2D eigenvalue weighted by Crippen LogP contribution is 2.23. The first-order chi connectivity index (χ1) is 11.6. The minimum atomic E-state index is -0.0314. The van der Waals surface area contributed by atoms with Crippen molar-refractivity contribution in [2.75, 3.05) is 5.32 Å². The lowest BCUT2D eigenvalue weighted by atomic mass is 10.1. The van der Waals surface area contributed by atoms with Gasteiger partial charge in [0.05, 0.1) is 23.0 Å². The van der Waals surface area contributed by atoms with Gasteiger partial charge in [-0.1, -0.05) is 18.2 Å². The number of carbonyl (C=O) groups excluding carboxylic acids is 1. The third kappa shape index (κ3) is 3.17. The fraction of sp³-hybridized carbons (Fsp3) is 0.222. The quantitative estimate of drug-likeness (QED) is 0.730. The molecule has 1 unspecified atom stereocenters. The number of nitrogens with one attached hydrogen (secondary N) is 1. The van der Waals surface area contributed by atoms with E-state index in [-0.39, 0.29) is 11.8 Å². The lowest BCUT2D eigenvalue weighted by Crippen LogP contribution is -2.13. The molecule has 0 aliphatic carbocycles. The molecule has 1 atom stereocenters. The van der Waals surface area contributed by atoms with E-state index in [1.807, 2.05) is 55.1 Å². The lowest BCUT2D eigenvalue weighted by molar-refractivity contribution is 0.101. The minimum Gasteiger partial charge on any atom is -0.348 e. The van der Waals surface area contributed by atoms with Crippen LogP contribution in [0.4, 0.5) is 5.95 Å². The van der Waals surface area contributed by atoms with Gasteiger partial charge in [0.15, 0.2) is 5.78 Å². The Morgan fingerprint density at radius 3 is 2.71 bits per heavy atom. The van der Waals surface area contributed by atoms with Crippen molar-refractivity contribution in [3.8, 4) is 5.69 Å². The van der Waals surface area contributed by atoms with E-state index < -0.39 is 0 Å². The summed E-state index contributed by atoms with van der Waals surface area (Å²) in [4.78, 5) is 20.1. The minimum absolute atomic E-state index is 0.0204. The van der Waals surface area contributed by atoms with Crippen molar-refractivity contribution in [2.24, 2.45) is 0 Å². The highest BCUT2D eigenvalue weighted by Gasteiger charge is 2.14. The summed E-state index contributed by atoms with van der Waals surface area (Å²) in [6, 6.07) is 9.91. The van der Waals surface area contributed by atoms with E-state index in [2.05, 4.69) is 20.4 Å². The zero-order chi connectivity index (χ0) is 17.1. The molecule has 0 aliphatic heterocycles. The van der Waals surface area contributed by atoms with Gasteiger partial charge in [0, 0.05) is 18.6 Å². The van der Waals surface area contributed by atoms with Gasteiger partial charge in [-0.15, -0.1) is 0 Å². The second-order valence-electron chi connectivity index (χ2n) is 5.62. The van der Waals surface area contributed by atoms with E-state index in [0.717, 1.165) is 11.3 Å². The largest absolute Gasteiger partial charge is 0.348 e. The highest BCUT2D eigenvalue weighted by atomic mass is 16.1. The van der Waals surface area contributed by atoms with Gasteiger partial charge in [-0.05, 0) is 38.5 Å². The molecule has 122 valence electrons. The van der Waals surface area contributed by atoms with Crippen LogP contribution in [0.15, 0.2) is 48.9 Å². The van der Waals surface area contributed by atoms with Crippen molar-refractivity contribution in [1.82, 2.24) is 19.7 Å². The topological polar surface area (TPSA) is 72.7 Å². The molecule has 0 fully saturated rings. The second kappa shape index (κ2) is 6.62. The van der Waals surface area contributed by atoms with Crippen molar-refractivity contribution in [3.63, 3.8) is 0 Å². The molecule has 0 radical (unpaired) electrons. The average Bonchev–Trinajstić information content (AvgIpc) is 3.09. The van der Waals surface area contributed by atoms with Gasteiger partial charge in [-0.3, -0.25) is 4.79 Å². The molecule has 3 aromatic rings. The number of ketones is 1. The fourth-order valence-electron chi connectivity index (χ4n) is 2.63. The monoisotopic (exact) mass is 321 g/mol. The smallest absolute Gasteiger partial charge is 0.223 e. The number of benzene rings is 1. The molecule has 1 N–H and O–H groups in total. The molecular weight excluding hydrogens is 302 g/mol. The van der Waals surface area contributed by atoms with E-state index in [1.165, 1.54) is 6.92 Å². The molecule has 0 amide bonds. The van der Waals surface area contributed by atoms with Gasteiger partial charge in [0.2, 0.25) is 5.95 Å². The molecule has 2 aromatic heterocycles. The third-order valence-corrected chi connectivity index (χ3v) is 3.86. The van der Waals surface area contributed by atoms with Crippen molar-refractivity contribution in [1.29, 1.82) is 0 Å². The van der Waals surface area contributed by atoms with Gasteiger partial charge in [-0.25, -0.2) is 14.6 Å². The summed E-state index contributed by atoms with van der Waals surface area (Å²) in [5.41, 5.74) is 3.30. The maximum Gasteiger partial charge on any atom is 0.223 e. The summed E-state index contributed by atoms with van der Waals surface area (Å²) in [5, 5.41) is 7.59. The molecule has 0 saturated carbocycles. The van der Waals surface area contributed by atoms with Gasteiger partial charge in [0.1, 0.15) is 0 Å². The zero-order valence-electron chi connectivity index (χ0n) is 13.9. The van der Waals surface area contributed by atoms with Crippen LogP contribution in [-0.2, 0) is 0 Å². The summed E-state index contributed by atoms with van der Waals surface area (Å²) in [6.45, 7) is 5.37. The van der Waals surface area contributed by atoms with Gasteiger partial charge in [-0.2, -0.15) is 5.10 Å². The van der Waals surface area contributed by atoms with Gasteiger partial charge < -0.3 is 5.32 Å². The average molecular weight is 321 g/mol. The standard InChI is InChI=1S/C18H19N5O/c1-12(21-18-19-11-16(14(3)24)13(2)22-18)15-7-4-5-8-17(15)23-10-6-9-20-23/h4-12H,1-3H3,(H,19,21,22). The predicted molar refractivity (Wildman–Crippen MR) is 92.4 cm³/mol. The molecular formula is C18H19N5O. The van der Waals surface area contributed by atoms with Gasteiger partial charge >= 0.3 is 0 Å². The Morgan fingerprint density at radius 1 is 1.25 bits per heavy atom. The molecule has 0 aliphatic rings. The molecule has 6 nitrogen and oxygen atoms in total. The molecule has 24 heavy (non-hydrogen) atoms. The molecule has 2 heterocycles. The molecule has 0 saturated heterocycles. The highest BCUT2D eigenvalue weighted by molar-refractivity contribution is 5.94. The van der Waals surface area contributed by atoms with Crippen LogP contribution in [0.1, 0.15) is 41.5 Å². The van der Waals surface area contributed by atoms with E-state index in [4.69, 9.17) is 0 Å². The number of para-hydroxylation sites is 1. The first kappa shape index (κ1) is 15.9. The number of aryl methyl sites for hydroxylation is 1. The van der Waals surface area contributed by atoms with E-state index in [9.17, 15) is 4.79 Å². The van der Waals surface area contributed by atoms with E-state index >= 15 is 0 Å². The first-order valence-electron chi connectivity index (χ1n) is 7.76. The number of nitrogens with zero attached hydrogens (tertiary/aromatic N) is 4. The predicted octanol–water partition coefficient (Wildman–Crippen LogP) is 3.35. The summed E-state index contributed by atoms with van der Waals surface area (Å²) >= 11 is 0. The lowest BCUT2D eigenvalue weighted by Gasteiger charge is -2.18. The Bertz CT molecular complexity index is 858. The Balaban J connectivity index is 1.87. The van der Waals surface area contributed by atoms with Crippen LogP contribution in [0.2, 0.25) is 0 Å². The second-order valence-corrected chi connectivity index (χ2v) is 5.62.